The van der Waals surface area contributed by atoms with E-state index in [-0.39, 0.29) is 35.1 Å². The molecule has 1 N–H and O–H groups in total. The Balaban J connectivity index is 1.46. The van der Waals surface area contributed by atoms with Crippen molar-refractivity contribution in [3.05, 3.63) is 33.8 Å². The second-order valence-electron chi connectivity index (χ2n) is 9.06. The molecule has 9 heteroatoms. The molecule has 1 atom stereocenters. The van der Waals surface area contributed by atoms with Crippen LogP contribution in [0, 0.1) is 12.8 Å². The third kappa shape index (κ3) is 5.94. The standard InChI is InChI=1S/C24H33N3O4S2/c1-18-23(22(31-26-18)14-13-21-12-8-16-32-21)33(29,30)27-15-7-9-19(17-27)24(28)25-20-10-5-3-2-4-6-11-20/h8,12-14,16,19-20H,2-7,9-11,15,17H2,1H3,(H,25,28)/b14-13+/t19-/m1/s1. The summed E-state index contributed by atoms with van der Waals surface area (Å²) in [6.45, 7) is 2.23. The summed E-state index contributed by atoms with van der Waals surface area (Å²) in [4.78, 5) is 14.1. The van der Waals surface area contributed by atoms with Crippen LogP contribution in [0.5, 0.6) is 0 Å². The summed E-state index contributed by atoms with van der Waals surface area (Å²) in [5, 5.41) is 9.10. The van der Waals surface area contributed by atoms with Crippen LogP contribution in [-0.4, -0.2) is 42.9 Å². The Morgan fingerprint density at radius 2 is 1.91 bits per heavy atom. The molecule has 0 radical (unpaired) electrons. The predicted molar refractivity (Wildman–Crippen MR) is 130 cm³/mol. The van der Waals surface area contributed by atoms with E-state index in [2.05, 4.69) is 10.5 Å². The largest absolute Gasteiger partial charge is 0.355 e. The maximum absolute atomic E-state index is 13.6. The van der Waals surface area contributed by atoms with Crippen molar-refractivity contribution in [2.24, 2.45) is 5.92 Å². The van der Waals surface area contributed by atoms with Crippen molar-refractivity contribution in [2.45, 2.75) is 75.6 Å². The number of rotatable bonds is 6. The third-order valence-electron chi connectivity index (χ3n) is 6.58. The van der Waals surface area contributed by atoms with Crippen LogP contribution in [0.3, 0.4) is 0 Å². The van der Waals surface area contributed by atoms with Gasteiger partial charge in [-0.3, -0.25) is 4.79 Å². The molecule has 33 heavy (non-hydrogen) atoms. The van der Waals surface area contributed by atoms with Gasteiger partial charge in [0.1, 0.15) is 5.69 Å². The number of thiophene rings is 1. The van der Waals surface area contributed by atoms with E-state index in [1.165, 1.54) is 23.6 Å². The summed E-state index contributed by atoms with van der Waals surface area (Å²) >= 11 is 1.56. The summed E-state index contributed by atoms with van der Waals surface area (Å²) in [6, 6.07) is 4.09. The van der Waals surface area contributed by atoms with Crippen LogP contribution >= 0.6 is 11.3 Å². The minimum Gasteiger partial charge on any atom is -0.355 e. The van der Waals surface area contributed by atoms with Crippen LogP contribution < -0.4 is 5.32 Å². The lowest BCUT2D eigenvalue weighted by Gasteiger charge is -2.32. The molecule has 0 bridgehead atoms. The molecule has 7 nitrogen and oxygen atoms in total. The molecule has 2 fully saturated rings. The zero-order valence-electron chi connectivity index (χ0n) is 19.2. The number of hydrogen-bond acceptors (Lipinski definition) is 6. The number of carbonyl (C=O) groups is 1. The van der Waals surface area contributed by atoms with E-state index in [1.54, 1.807) is 24.3 Å². The molecule has 0 aromatic carbocycles. The summed E-state index contributed by atoms with van der Waals surface area (Å²) in [5.41, 5.74) is 0.335. The molecular formula is C24H33N3O4S2. The minimum atomic E-state index is -3.83. The van der Waals surface area contributed by atoms with Gasteiger partial charge in [0, 0.05) is 24.0 Å². The Morgan fingerprint density at radius 3 is 2.64 bits per heavy atom. The molecule has 1 saturated heterocycles. The SMILES string of the molecule is Cc1noc(/C=C/c2cccs2)c1S(=O)(=O)N1CCC[C@@H](C(=O)NC2CCCCCCC2)C1. The lowest BCUT2D eigenvalue weighted by atomic mass is 9.94. The number of aromatic nitrogens is 1. The lowest BCUT2D eigenvalue weighted by Crippen LogP contribution is -2.47. The topological polar surface area (TPSA) is 92.5 Å². The fourth-order valence-electron chi connectivity index (χ4n) is 4.77. The molecule has 2 aromatic rings. The summed E-state index contributed by atoms with van der Waals surface area (Å²) in [7, 11) is -3.83. The van der Waals surface area contributed by atoms with E-state index >= 15 is 0 Å². The maximum atomic E-state index is 13.6. The summed E-state index contributed by atoms with van der Waals surface area (Å²) < 4.78 is 33.9. The average molecular weight is 492 g/mol. The van der Waals surface area contributed by atoms with Crippen molar-refractivity contribution in [1.82, 2.24) is 14.8 Å². The second-order valence-corrected chi connectivity index (χ2v) is 11.9. The van der Waals surface area contributed by atoms with Gasteiger partial charge in [0.2, 0.25) is 15.9 Å². The fraction of sp³-hybridized carbons (Fsp3) is 0.583. The highest BCUT2D eigenvalue weighted by atomic mass is 32.2. The van der Waals surface area contributed by atoms with Crippen molar-refractivity contribution >= 4 is 39.4 Å². The van der Waals surface area contributed by atoms with Gasteiger partial charge in [-0.05, 0) is 56.2 Å². The van der Waals surface area contributed by atoms with Gasteiger partial charge >= 0.3 is 0 Å². The number of nitrogens with one attached hydrogen (secondary N) is 1. The van der Waals surface area contributed by atoms with Gasteiger partial charge in [-0.1, -0.05) is 43.3 Å². The number of piperidine rings is 1. The first kappa shape index (κ1) is 24.2. The van der Waals surface area contributed by atoms with Crippen molar-refractivity contribution in [2.75, 3.05) is 13.1 Å². The van der Waals surface area contributed by atoms with Crippen LogP contribution in [0.2, 0.25) is 0 Å². The molecule has 1 aliphatic carbocycles. The van der Waals surface area contributed by atoms with Crippen LogP contribution in [0.25, 0.3) is 12.2 Å². The number of aryl methyl sites for hydroxylation is 1. The van der Waals surface area contributed by atoms with E-state index in [9.17, 15) is 13.2 Å². The third-order valence-corrected chi connectivity index (χ3v) is 9.44. The van der Waals surface area contributed by atoms with Gasteiger partial charge in [-0.25, -0.2) is 8.42 Å². The zero-order chi connectivity index (χ0) is 23.3. The molecule has 1 amide bonds. The first-order valence-corrected chi connectivity index (χ1v) is 14.3. The molecule has 180 valence electrons. The molecule has 0 unspecified atom stereocenters. The van der Waals surface area contributed by atoms with E-state index in [0.29, 0.717) is 25.1 Å². The van der Waals surface area contributed by atoms with Gasteiger partial charge in [0.15, 0.2) is 10.7 Å². The van der Waals surface area contributed by atoms with Gasteiger partial charge in [-0.15, -0.1) is 11.3 Å². The van der Waals surface area contributed by atoms with E-state index < -0.39 is 10.0 Å². The molecule has 2 aliphatic rings. The first-order chi connectivity index (χ1) is 15.9. The highest BCUT2D eigenvalue weighted by Crippen LogP contribution is 2.30. The first-order valence-electron chi connectivity index (χ1n) is 11.9. The summed E-state index contributed by atoms with van der Waals surface area (Å²) in [5.74, 6) is -0.119. The number of sulfonamides is 1. The van der Waals surface area contributed by atoms with Crippen molar-refractivity contribution in [3.63, 3.8) is 0 Å². The van der Waals surface area contributed by atoms with Gasteiger partial charge in [0.05, 0.1) is 5.92 Å². The Hall–Kier alpha value is -1.97. The number of amides is 1. The zero-order valence-corrected chi connectivity index (χ0v) is 20.8. The second kappa shape index (κ2) is 11.0. The summed E-state index contributed by atoms with van der Waals surface area (Å²) in [6.07, 6.45) is 12.9. The van der Waals surface area contributed by atoms with E-state index in [4.69, 9.17) is 4.52 Å². The Labute approximate surface area is 200 Å². The fourth-order valence-corrected chi connectivity index (χ4v) is 7.16. The molecule has 3 heterocycles. The minimum absolute atomic E-state index is 0.0136. The number of carbonyl (C=O) groups excluding carboxylic acids is 1. The number of nitrogens with zero attached hydrogens (tertiary/aromatic N) is 2. The van der Waals surface area contributed by atoms with Crippen molar-refractivity contribution in [1.29, 1.82) is 0 Å². The van der Waals surface area contributed by atoms with Gasteiger partial charge in [-0.2, -0.15) is 4.31 Å². The molecule has 0 spiro atoms. The molecule has 1 saturated carbocycles. The van der Waals surface area contributed by atoms with E-state index in [0.717, 1.165) is 30.6 Å². The van der Waals surface area contributed by atoms with Crippen LogP contribution in [0.1, 0.15) is 74.1 Å². The van der Waals surface area contributed by atoms with Crippen LogP contribution in [0.4, 0.5) is 0 Å². The predicted octanol–water partition coefficient (Wildman–Crippen LogP) is 4.84. The Bertz CT molecular complexity index is 1050. The quantitative estimate of drug-likeness (QED) is 0.624. The Morgan fingerprint density at radius 1 is 1.15 bits per heavy atom. The highest BCUT2D eigenvalue weighted by Gasteiger charge is 2.37. The monoisotopic (exact) mass is 491 g/mol. The lowest BCUT2D eigenvalue weighted by molar-refractivity contribution is -0.126. The molecule has 1 aliphatic heterocycles. The Kier molecular flexibility index (Phi) is 8.03. The average Bonchev–Trinajstić information content (AvgIpc) is 3.43. The smallest absolute Gasteiger partial charge is 0.248 e. The van der Waals surface area contributed by atoms with E-state index in [1.807, 2.05) is 23.6 Å². The van der Waals surface area contributed by atoms with Crippen molar-refractivity contribution in [3.8, 4) is 0 Å². The van der Waals surface area contributed by atoms with Gasteiger partial charge < -0.3 is 9.84 Å². The van der Waals surface area contributed by atoms with Crippen molar-refractivity contribution < 1.29 is 17.7 Å². The molecular weight excluding hydrogens is 458 g/mol. The van der Waals surface area contributed by atoms with Crippen LogP contribution in [-0.2, 0) is 14.8 Å². The maximum Gasteiger partial charge on any atom is 0.248 e. The molecule has 4 rings (SSSR count). The molecule has 2 aromatic heterocycles. The normalized spacial score (nSPS) is 21.7. The highest BCUT2D eigenvalue weighted by molar-refractivity contribution is 7.89. The van der Waals surface area contributed by atoms with Gasteiger partial charge in [0.25, 0.3) is 0 Å². The van der Waals surface area contributed by atoms with Crippen LogP contribution in [0.15, 0.2) is 26.9 Å². The number of hydrogen-bond donors (Lipinski definition) is 1.